The Kier molecular flexibility index (Phi) is 4.46. The number of benzene rings is 1. The molecular formula is C15H16BrClN2S. The van der Waals surface area contributed by atoms with Gasteiger partial charge in [-0.1, -0.05) is 40.5 Å². The molecule has 2 nitrogen and oxygen atoms in total. The molecule has 1 atom stereocenters. The second kappa shape index (κ2) is 6.14. The fraction of sp³-hybridized carbons (Fsp3) is 0.400. The maximum absolute atomic E-state index is 6.41. The molecule has 1 unspecified atom stereocenters. The number of hydrogen-bond donors (Lipinski definition) is 1. The van der Waals surface area contributed by atoms with E-state index in [1.54, 1.807) is 0 Å². The molecule has 20 heavy (non-hydrogen) atoms. The van der Waals surface area contributed by atoms with Gasteiger partial charge in [0.05, 0.1) is 11.7 Å². The Morgan fingerprint density at radius 1 is 1.45 bits per heavy atom. The summed E-state index contributed by atoms with van der Waals surface area (Å²) in [7, 11) is 0. The van der Waals surface area contributed by atoms with Crippen molar-refractivity contribution in [1.29, 1.82) is 0 Å². The second-order valence-corrected chi connectivity index (χ2v) is 7.37. The van der Waals surface area contributed by atoms with Gasteiger partial charge in [-0.05, 0) is 43.5 Å². The van der Waals surface area contributed by atoms with E-state index in [4.69, 9.17) is 16.6 Å². The lowest BCUT2D eigenvalue weighted by Crippen LogP contribution is -2.22. The summed E-state index contributed by atoms with van der Waals surface area (Å²) in [5, 5.41) is 5.43. The lowest BCUT2D eigenvalue weighted by molar-refractivity contribution is 0.625. The highest BCUT2D eigenvalue weighted by Crippen LogP contribution is 2.36. The van der Waals surface area contributed by atoms with E-state index in [0.717, 1.165) is 33.0 Å². The number of rotatable bonds is 4. The lowest BCUT2D eigenvalue weighted by atomic mass is 10.1. The monoisotopic (exact) mass is 370 g/mol. The Morgan fingerprint density at radius 3 is 3.00 bits per heavy atom. The molecule has 1 heterocycles. The molecule has 0 saturated heterocycles. The van der Waals surface area contributed by atoms with Crippen molar-refractivity contribution in [3.05, 3.63) is 48.8 Å². The van der Waals surface area contributed by atoms with Gasteiger partial charge < -0.3 is 5.32 Å². The number of nitrogens with zero attached hydrogens (tertiary/aromatic N) is 1. The van der Waals surface area contributed by atoms with Crippen molar-refractivity contribution in [2.75, 3.05) is 6.54 Å². The average Bonchev–Trinajstić information content (AvgIpc) is 2.97. The largest absolute Gasteiger partial charge is 0.304 e. The van der Waals surface area contributed by atoms with Crippen LogP contribution in [0.4, 0.5) is 0 Å². The molecule has 1 aromatic carbocycles. The Morgan fingerprint density at radius 2 is 2.30 bits per heavy atom. The van der Waals surface area contributed by atoms with Crippen LogP contribution in [-0.2, 0) is 12.8 Å². The summed E-state index contributed by atoms with van der Waals surface area (Å²) in [6.45, 7) is 3.00. The molecule has 0 radical (unpaired) electrons. The first-order chi connectivity index (χ1) is 9.69. The van der Waals surface area contributed by atoms with Crippen molar-refractivity contribution in [3.8, 4) is 0 Å². The quantitative estimate of drug-likeness (QED) is 0.839. The van der Waals surface area contributed by atoms with Gasteiger partial charge in [-0.15, -0.1) is 11.3 Å². The maximum Gasteiger partial charge on any atom is 0.115 e. The molecule has 0 amide bonds. The van der Waals surface area contributed by atoms with Gasteiger partial charge in [0.2, 0.25) is 0 Å². The maximum atomic E-state index is 6.41. The number of halogens is 2. The van der Waals surface area contributed by atoms with Gasteiger partial charge in [0, 0.05) is 14.4 Å². The molecule has 106 valence electrons. The van der Waals surface area contributed by atoms with Crippen LogP contribution in [-0.4, -0.2) is 11.5 Å². The Bertz CT molecular complexity index is 605. The van der Waals surface area contributed by atoms with Crippen molar-refractivity contribution in [2.45, 2.75) is 32.2 Å². The first-order valence-electron chi connectivity index (χ1n) is 6.86. The van der Waals surface area contributed by atoms with Crippen molar-refractivity contribution in [2.24, 2.45) is 0 Å². The van der Waals surface area contributed by atoms with E-state index in [0.29, 0.717) is 0 Å². The van der Waals surface area contributed by atoms with Crippen molar-refractivity contribution in [3.63, 3.8) is 0 Å². The van der Waals surface area contributed by atoms with Gasteiger partial charge in [0.1, 0.15) is 5.01 Å². The van der Waals surface area contributed by atoms with E-state index in [9.17, 15) is 0 Å². The first-order valence-corrected chi connectivity index (χ1v) is 8.84. The van der Waals surface area contributed by atoms with E-state index in [-0.39, 0.29) is 6.04 Å². The minimum atomic E-state index is 0.0937. The number of hydrogen-bond acceptors (Lipinski definition) is 3. The Balaban J connectivity index is 1.99. The fourth-order valence-electron chi connectivity index (χ4n) is 2.60. The predicted octanol–water partition coefficient (Wildman–Crippen LogP) is 4.75. The summed E-state index contributed by atoms with van der Waals surface area (Å²) in [4.78, 5) is 6.29. The third-order valence-electron chi connectivity index (χ3n) is 3.54. The zero-order valence-corrected chi connectivity index (χ0v) is 14.4. The summed E-state index contributed by atoms with van der Waals surface area (Å²) >= 11 is 11.7. The summed E-state index contributed by atoms with van der Waals surface area (Å²) in [6.07, 6.45) is 3.55. The minimum absolute atomic E-state index is 0.0937. The highest BCUT2D eigenvalue weighted by Gasteiger charge is 2.24. The minimum Gasteiger partial charge on any atom is -0.304 e. The zero-order valence-electron chi connectivity index (χ0n) is 11.2. The molecule has 0 bridgehead atoms. The Labute approximate surface area is 136 Å². The summed E-state index contributed by atoms with van der Waals surface area (Å²) in [5.41, 5.74) is 2.39. The van der Waals surface area contributed by atoms with Gasteiger partial charge in [0.15, 0.2) is 0 Å². The van der Waals surface area contributed by atoms with Crippen LogP contribution in [0.25, 0.3) is 0 Å². The molecule has 0 aliphatic heterocycles. The molecule has 5 heteroatoms. The van der Waals surface area contributed by atoms with Crippen LogP contribution in [0, 0.1) is 0 Å². The molecule has 0 saturated carbocycles. The van der Waals surface area contributed by atoms with Crippen LogP contribution < -0.4 is 5.32 Å². The van der Waals surface area contributed by atoms with Gasteiger partial charge in [-0.2, -0.15) is 0 Å². The van der Waals surface area contributed by atoms with Crippen LogP contribution in [0.2, 0.25) is 5.02 Å². The summed E-state index contributed by atoms with van der Waals surface area (Å²) in [6, 6.07) is 6.15. The summed E-state index contributed by atoms with van der Waals surface area (Å²) in [5.74, 6) is 0. The van der Waals surface area contributed by atoms with Crippen LogP contribution in [0.5, 0.6) is 0 Å². The smallest absolute Gasteiger partial charge is 0.115 e. The molecule has 3 rings (SSSR count). The van der Waals surface area contributed by atoms with Crippen molar-refractivity contribution < 1.29 is 0 Å². The van der Waals surface area contributed by atoms with Crippen LogP contribution in [0.3, 0.4) is 0 Å². The van der Waals surface area contributed by atoms with E-state index < -0.39 is 0 Å². The highest BCUT2D eigenvalue weighted by molar-refractivity contribution is 9.10. The van der Waals surface area contributed by atoms with Gasteiger partial charge in [-0.25, -0.2) is 4.98 Å². The number of aryl methyl sites for hydroxylation is 2. The molecule has 2 aromatic rings. The lowest BCUT2D eigenvalue weighted by Gasteiger charge is -2.17. The molecule has 1 aromatic heterocycles. The number of thiazole rings is 1. The molecule has 0 spiro atoms. The highest BCUT2D eigenvalue weighted by atomic mass is 79.9. The standard InChI is InChI=1S/C15H16BrClN2S/c1-2-18-14(10-7-6-9(16)8-11(10)17)15-19-12-4-3-5-13(12)20-15/h6-8,14,18H,2-5H2,1H3. The topological polar surface area (TPSA) is 24.9 Å². The van der Waals surface area contributed by atoms with Crippen molar-refractivity contribution >= 4 is 38.9 Å². The molecule has 1 N–H and O–H groups in total. The van der Waals surface area contributed by atoms with Gasteiger partial charge in [-0.3, -0.25) is 0 Å². The van der Waals surface area contributed by atoms with Gasteiger partial charge in [0.25, 0.3) is 0 Å². The fourth-order valence-corrected chi connectivity index (χ4v) is 4.63. The normalized spacial score (nSPS) is 15.3. The number of fused-ring (bicyclic) bond motifs is 1. The van der Waals surface area contributed by atoms with E-state index in [1.807, 2.05) is 23.5 Å². The SMILES string of the molecule is CCNC(c1nc2c(s1)CCC2)c1ccc(Br)cc1Cl. The van der Waals surface area contributed by atoms with E-state index >= 15 is 0 Å². The first kappa shape index (κ1) is 14.5. The molecule has 1 aliphatic rings. The third kappa shape index (κ3) is 2.80. The third-order valence-corrected chi connectivity index (χ3v) is 5.58. The van der Waals surface area contributed by atoms with Crippen LogP contribution in [0.15, 0.2) is 22.7 Å². The number of nitrogens with one attached hydrogen (secondary N) is 1. The Hall–Kier alpha value is -0.420. The predicted molar refractivity (Wildman–Crippen MR) is 88.8 cm³/mol. The average molecular weight is 372 g/mol. The van der Waals surface area contributed by atoms with E-state index in [1.165, 1.54) is 23.4 Å². The molecular weight excluding hydrogens is 356 g/mol. The zero-order chi connectivity index (χ0) is 14.1. The van der Waals surface area contributed by atoms with Crippen LogP contribution in [0.1, 0.15) is 40.5 Å². The molecule has 0 fully saturated rings. The van der Waals surface area contributed by atoms with Crippen LogP contribution >= 0.6 is 38.9 Å². The molecule has 1 aliphatic carbocycles. The van der Waals surface area contributed by atoms with E-state index in [2.05, 4.69) is 34.2 Å². The summed E-state index contributed by atoms with van der Waals surface area (Å²) < 4.78 is 1.00. The second-order valence-electron chi connectivity index (χ2n) is 4.93. The van der Waals surface area contributed by atoms with Gasteiger partial charge >= 0.3 is 0 Å². The number of aromatic nitrogens is 1. The van der Waals surface area contributed by atoms with Crippen molar-refractivity contribution in [1.82, 2.24) is 10.3 Å².